The number of benzene rings is 2. The highest BCUT2D eigenvalue weighted by Crippen LogP contribution is 2.28. The largest absolute Gasteiger partial charge is 0.481 e. The minimum Gasteiger partial charge on any atom is -0.481 e. The topological polar surface area (TPSA) is 70.9 Å². The van der Waals surface area contributed by atoms with Gasteiger partial charge in [-0.25, -0.2) is 0 Å². The van der Waals surface area contributed by atoms with Gasteiger partial charge in [0.05, 0.1) is 12.1 Å². The first-order chi connectivity index (χ1) is 14.1. The molecule has 0 aliphatic rings. The molecule has 0 fully saturated rings. The first-order valence-corrected chi connectivity index (χ1v) is 10.3. The van der Waals surface area contributed by atoms with E-state index in [1.807, 2.05) is 49.4 Å². The monoisotopic (exact) mass is 408 g/mol. The number of thiophene rings is 1. The lowest BCUT2D eigenvalue weighted by atomic mass is 10.1. The maximum Gasteiger partial charge on any atom is 0.304 e. The lowest BCUT2D eigenvalue weighted by molar-refractivity contribution is -0.136. The quantitative estimate of drug-likeness (QED) is 0.284. The van der Waals surface area contributed by atoms with Crippen LogP contribution in [0.3, 0.4) is 0 Å². The summed E-state index contributed by atoms with van der Waals surface area (Å²) in [4.78, 5) is 18.4. The number of aliphatic carboxylic acids is 1. The molecule has 0 aliphatic carbocycles. The Morgan fingerprint density at radius 3 is 2.55 bits per heavy atom. The van der Waals surface area contributed by atoms with Gasteiger partial charge in [-0.15, -0.1) is 11.3 Å². The van der Waals surface area contributed by atoms with Crippen molar-refractivity contribution >= 4 is 23.0 Å². The van der Waals surface area contributed by atoms with Crippen LogP contribution < -0.4 is 5.32 Å². The maximum absolute atomic E-state index is 10.5. The van der Waals surface area contributed by atoms with E-state index in [0.29, 0.717) is 19.7 Å². The molecule has 0 aliphatic heterocycles. The number of nitrogens with one attached hydrogen (secondary N) is 1. The van der Waals surface area contributed by atoms with Crippen molar-refractivity contribution in [3.05, 3.63) is 82.7 Å². The molecule has 0 atom stereocenters. The van der Waals surface area contributed by atoms with E-state index >= 15 is 0 Å². The molecule has 5 nitrogen and oxygen atoms in total. The van der Waals surface area contributed by atoms with Gasteiger partial charge in [-0.1, -0.05) is 59.8 Å². The Hall–Kier alpha value is -2.96. The Bertz CT molecular complexity index is 950. The number of carboxylic acids is 1. The lowest BCUT2D eigenvalue weighted by Gasteiger charge is -2.05. The molecule has 0 unspecified atom stereocenters. The number of nitrogens with zero attached hydrogens (tertiary/aromatic N) is 1. The van der Waals surface area contributed by atoms with Crippen LogP contribution in [0.5, 0.6) is 0 Å². The fourth-order valence-corrected chi connectivity index (χ4v) is 3.67. The van der Waals surface area contributed by atoms with E-state index in [0.717, 1.165) is 21.7 Å². The summed E-state index contributed by atoms with van der Waals surface area (Å²) in [5.74, 6) is -0.793. The van der Waals surface area contributed by atoms with Gasteiger partial charge in [0.2, 0.25) is 0 Å². The van der Waals surface area contributed by atoms with E-state index < -0.39 is 5.97 Å². The van der Waals surface area contributed by atoms with Crippen molar-refractivity contribution in [1.82, 2.24) is 5.32 Å². The Morgan fingerprint density at radius 1 is 1.07 bits per heavy atom. The summed E-state index contributed by atoms with van der Waals surface area (Å²) in [5, 5.41) is 16.0. The Balaban J connectivity index is 1.48. The van der Waals surface area contributed by atoms with E-state index in [1.54, 1.807) is 11.3 Å². The van der Waals surface area contributed by atoms with Crippen molar-refractivity contribution < 1.29 is 14.7 Å². The van der Waals surface area contributed by atoms with Crippen molar-refractivity contribution in [3.63, 3.8) is 0 Å². The number of hydrogen-bond acceptors (Lipinski definition) is 5. The Morgan fingerprint density at radius 2 is 1.83 bits per heavy atom. The first kappa shape index (κ1) is 20.8. The average Bonchev–Trinajstić information content (AvgIpc) is 3.21. The molecule has 0 radical (unpaired) electrons. The fraction of sp³-hybridized carbons (Fsp3) is 0.217. The number of carboxylic acid groups (broad SMARTS) is 1. The molecule has 1 aromatic heterocycles. The van der Waals surface area contributed by atoms with Crippen LogP contribution in [0.2, 0.25) is 0 Å². The van der Waals surface area contributed by atoms with Gasteiger partial charge in [0.15, 0.2) is 6.61 Å². The summed E-state index contributed by atoms with van der Waals surface area (Å²) in [5.41, 5.74) is 4.12. The zero-order valence-corrected chi connectivity index (χ0v) is 17.1. The predicted octanol–water partition coefficient (Wildman–Crippen LogP) is 4.92. The van der Waals surface area contributed by atoms with Crippen molar-refractivity contribution in [2.75, 3.05) is 6.54 Å². The van der Waals surface area contributed by atoms with Crippen molar-refractivity contribution in [3.8, 4) is 10.4 Å². The first-order valence-electron chi connectivity index (χ1n) is 9.44. The molecule has 29 heavy (non-hydrogen) atoms. The molecule has 150 valence electrons. The van der Waals surface area contributed by atoms with Crippen LogP contribution in [0.25, 0.3) is 10.4 Å². The van der Waals surface area contributed by atoms with Crippen LogP contribution in [-0.2, 0) is 22.8 Å². The number of oxime groups is 1. The SMILES string of the molecule is C/C(=N/OCc1ccc(-c2ccccc2)s1)c1ccc(CNCCC(=O)O)cc1. The third kappa shape index (κ3) is 6.55. The van der Waals surface area contributed by atoms with Crippen LogP contribution in [0, 0.1) is 0 Å². The third-order valence-electron chi connectivity index (χ3n) is 4.34. The Labute approximate surface area is 174 Å². The maximum atomic E-state index is 10.5. The molecular formula is C23H24N2O3S. The summed E-state index contributed by atoms with van der Waals surface area (Å²) < 4.78 is 0. The van der Waals surface area contributed by atoms with Crippen LogP contribution in [-0.4, -0.2) is 23.3 Å². The number of carbonyl (C=O) groups is 1. The molecule has 1 heterocycles. The molecule has 0 amide bonds. The van der Waals surface area contributed by atoms with Crippen LogP contribution in [0.4, 0.5) is 0 Å². The molecule has 3 rings (SSSR count). The highest BCUT2D eigenvalue weighted by atomic mass is 32.1. The molecule has 0 spiro atoms. The summed E-state index contributed by atoms with van der Waals surface area (Å²) >= 11 is 1.71. The van der Waals surface area contributed by atoms with E-state index in [9.17, 15) is 4.79 Å². The molecule has 0 saturated heterocycles. The molecule has 0 bridgehead atoms. The predicted molar refractivity (Wildman–Crippen MR) is 117 cm³/mol. The minimum atomic E-state index is -0.793. The van der Waals surface area contributed by atoms with Gasteiger partial charge in [0.25, 0.3) is 0 Å². The fourth-order valence-electron chi connectivity index (χ4n) is 2.75. The average molecular weight is 409 g/mol. The molecule has 6 heteroatoms. The van der Waals surface area contributed by atoms with E-state index in [1.165, 1.54) is 10.4 Å². The van der Waals surface area contributed by atoms with Crippen molar-refractivity contribution in [2.24, 2.45) is 5.16 Å². The third-order valence-corrected chi connectivity index (χ3v) is 5.45. The van der Waals surface area contributed by atoms with E-state index in [2.05, 4.69) is 34.7 Å². The van der Waals surface area contributed by atoms with Crippen LogP contribution >= 0.6 is 11.3 Å². The van der Waals surface area contributed by atoms with E-state index in [-0.39, 0.29) is 6.42 Å². The van der Waals surface area contributed by atoms with Crippen LogP contribution in [0.1, 0.15) is 29.3 Å². The highest BCUT2D eigenvalue weighted by Gasteiger charge is 2.04. The zero-order valence-electron chi connectivity index (χ0n) is 16.3. The highest BCUT2D eigenvalue weighted by molar-refractivity contribution is 7.15. The second-order valence-electron chi connectivity index (χ2n) is 6.60. The minimum absolute atomic E-state index is 0.123. The smallest absolute Gasteiger partial charge is 0.304 e. The lowest BCUT2D eigenvalue weighted by Crippen LogP contribution is -2.17. The summed E-state index contributed by atoms with van der Waals surface area (Å²) in [7, 11) is 0. The second kappa shape index (κ2) is 10.5. The van der Waals surface area contributed by atoms with Gasteiger partial charge in [-0.2, -0.15) is 0 Å². The second-order valence-corrected chi connectivity index (χ2v) is 7.77. The van der Waals surface area contributed by atoms with Gasteiger partial charge in [-0.3, -0.25) is 4.79 Å². The normalized spacial score (nSPS) is 11.4. The molecule has 3 aromatic rings. The summed E-state index contributed by atoms with van der Waals surface area (Å²) in [6.07, 6.45) is 0.123. The standard InChI is InChI=1S/C23H24N2O3S/c1-17(19-9-7-18(8-10-19)15-24-14-13-23(26)27)25-28-16-21-11-12-22(29-21)20-5-3-2-4-6-20/h2-12,24H,13-16H2,1H3,(H,26,27)/b25-17-. The molecular weight excluding hydrogens is 384 g/mol. The van der Waals surface area contributed by atoms with Gasteiger partial charge < -0.3 is 15.3 Å². The number of rotatable bonds is 10. The van der Waals surface area contributed by atoms with Gasteiger partial charge >= 0.3 is 5.97 Å². The van der Waals surface area contributed by atoms with Crippen LogP contribution in [0.15, 0.2) is 71.9 Å². The van der Waals surface area contributed by atoms with Crippen molar-refractivity contribution in [1.29, 1.82) is 0 Å². The van der Waals surface area contributed by atoms with Gasteiger partial charge in [0, 0.05) is 22.8 Å². The Kier molecular flexibility index (Phi) is 7.55. The molecule has 2 aromatic carbocycles. The summed E-state index contributed by atoms with van der Waals surface area (Å²) in [6.45, 7) is 3.47. The zero-order chi connectivity index (χ0) is 20.5. The summed E-state index contributed by atoms with van der Waals surface area (Å²) in [6, 6.07) is 22.5. The van der Waals surface area contributed by atoms with Gasteiger partial charge in [0.1, 0.15) is 0 Å². The molecule has 2 N–H and O–H groups in total. The van der Waals surface area contributed by atoms with E-state index in [4.69, 9.17) is 9.94 Å². The van der Waals surface area contributed by atoms with Gasteiger partial charge in [-0.05, 0) is 35.7 Å². The molecule has 0 saturated carbocycles. The number of hydrogen-bond donors (Lipinski definition) is 2. The van der Waals surface area contributed by atoms with Crippen molar-refractivity contribution in [2.45, 2.75) is 26.5 Å².